The largest absolute Gasteiger partial charge is 0.478 e. The highest BCUT2D eigenvalue weighted by molar-refractivity contribution is 7.10. The molecule has 2 rings (SSSR count). The first-order chi connectivity index (χ1) is 7.75. The molecule has 0 aliphatic heterocycles. The van der Waals surface area contributed by atoms with E-state index in [0.29, 0.717) is 5.69 Å². The van der Waals surface area contributed by atoms with Gasteiger partial charge in [-0.1, -0.05) is 6.07 Å². The zero-order valence-electron chi connectivity index (χ0n) is 8.33. The van der Waals surface area contributed by atoms with Gasteiger partial charge in [-0.3, -0.25) is 4.98 Å². The zero-order chi connectivity index (χ0) is 11.4. The van der Waals surface area contributed by atoms with Crippen molar-refractivity contribution in [1.29, 1.82) is 0 Å². The van der Waals surface area contributed by atoms with Crippen molar-refractivity contribution in [3.8, 4) is 0 Å². The van der Waals surface area contributed by atoms with Gasteiger partial charge >= 0.3 is 5.97 Å². The van der Waals surface area contributed by atoms with Gasteiger partial charge in [0.1, 0.15) is 0 Å². The number of nitrogens with zero attached hydrogens (tertiary/aromatic N) is 1. The van der Waals surface area contributed by atoms with Gasteiger partial charge in [0, 0.05) is 11.1 Å². The van der Waals surface area contributed by atoms with Crippen molar-refractivity contribution in [2.75, 3.05) is 0 Å². The minimum absolute atomic E-state index is 0.251. The summed E-state index contributed by atoms with van der Waals surface area (Å²) in [6.45, 7) is 0. The highest BCUT2D eigenvalue weighted by atomic mass is 32.1. The Morgan fingerprint density at radius 1 is 1.38 bits per heavy atom. The summed E-state index contributed by atoms with van der Waals surface area (Å²) < 4.78 is 0. The molecule has 0 aromatic carbocycles. The molecular weight excluding hydrogens is 222 g/mol. The van der Waals surface area contributed by atoms with Crippen LogP contribution in [-0.2, 0) is 0 Å². The Morgan fingerprint density at radius 3 is 2.94 bits per heavy atom. The molecule has 2 aromatic heterocycles. The summed E-state index contributed by atoms with van der Waals surface area (Å²) in [7, 11) is 0. The van der Waals surface area contributed by atoms with Gasteiger partial charge < -0.3 is 5.11 Å². The second-order valence-corrected chi connectivity index (χ2v) is 4.10. The van der Waals surface area contributed by atoms with Gasteiger partial charge in [0.15, 0.2) is 0 Å². The molecule has 0 amide bonds. The molecule has 0 fully saturated rings. The molecule has 4 heteroatoms. The zero-order valence-corrected chi connectivity index (χ0v) is 9.15. The molecule has 0 saturated heterocycles. The summed E-state index contributed by atoms with van der Waals surface area (Å²) in [4.78, 5) is 15.9. The third-order valence-corrected chi connectivity index (χ3v) is 2.83. The summed E-state index contributed by atoms with van der Waals surface area (Å²) in [5.41, 5.74) is 0.897. The Kier molecular flexibility index (Phi) is 3.12. The quantitative estimate of drug-likeness (QED) is 0.883. The minimum Gasteiger partial charge on any atom is -0.478 e. The van der Waals surface area contributed by atoms with E-state index in [4.69, 9.17) is 5.11 Å². The summed E-state index contributed by atoms with van der Waals surface area (Å²) in [6.07, 6.45) is 5.22. The van der Waals surface area contributed by atoms with E-state index in [2.05, 4.69) is 4.98 Å². The number of carbonyl (C=O) groups is 1. The predicted molar refractivity (Wildman–Crippen MR) is 64.4 cm³/mol. The molecule has 0 aliphatic rings. The topological polar surface area (TPSA) is 50.2 Å². The van der Waals surface area contributed by atoms with Crippen LogP contribution in [0, 0.1) is 0 Å². The number of aromatic nitrogens is 1. The van der Waals surface area contributed by atoms with Crippen LogP contribution in [0.5, 0.6) is 0 Å². The fourth-order valence-electron chi connectivity index (χ4n) is 1.23. The van der Waals surface area contributed by atoms with Crippen LogP contribution in [0.2, 0.25) is 0 Å². The number of rotatable bonds is 3. The lowest BCUT2D eigenvalue weighted by atomic mass is 10.2. The molecule has 3 nitrogen and oxygen atoms in total. The molecule has 1 N–H and O–H groups in total. The number of thiophene rings is 1. The smallest absolute Gasteiger partial charge is 0.335 e. The molecule has 2 aromatic rings. The maximum absolute atomic E-state index is 10.7. The Hall–Kier alpha value is -1.94. The van der Waals surface area contributed by atoms with E-state index >= 15 is 0 Å². The molecule has 2 heterocycles. The van der Waals surface area contributed by atoms with Crippen LogP contribution in [0.4, 0.5) is 0 Å². The molecule has 0 radical (unpaired) electrons. The molecule has 0 aliphatic carbocycles. The monoisotopic (exact) mass is 231 g/mol. The van der Waals surface area contributed by atoms with E-state index in [-0.39, 0.29) is 5.56 Å². The molecule has 0 spiro atoms. The number of aromatic carboxylic acids is 1. The number of carboxylic acids is 1. The standard InChI is InChI=1S/C12H9NO2S/c14-12(15)9-5-6-13-10(8-9)3-4-11-2-1-7-16-11/h1-8H,(H,14,15)/b4-3+. The van der Waals surface area contributed by atoms with E-state index in [1.165, 1.54) is 12.3 Å². The van der Waals surface area contributed by atoms with Crippen molar-refractivity contribution in [1.82, 2.24) is 4.98 Å². The molecule has 0 atom stereocenters. The van der Waals surface area contributed by atoms with Gasteiger partial charge in [-0.15, -0.1) is 11.3 Å². The van der Waals surface area contributed by atoms with E-state index < -0.39 is 5.97 Å². The average molecular weight is 231 g/mol. The maximum atomic E-state index is 10.7. The van der Waals surface area contributed by atoms with Crippen LogP contribution in [0.1, 0.15) is 20.9 Å². The fourth-order valence-corrected chi connectivity index (χ4v) is 1.84. The van der Waals surface area contributed by atoms with E-state index in [1.54, 1.807) is 23.5 Å². The lowest BCUT2D eigenvalue weighted by molar-refractivity contribution is 0.0696. The Balaban J connectivity index is 2.22. The number of pyridine rings is 1. The van der Waals surface area contributed by atoms with Crippen LogP contribution < -0.4 is 0 Å². The summed E-state index contributed by atoms with van der Waals surface area (Å²) in [6, 6.07) is 6.98. The van der Waals surface area contributed by atoms with Crippen LogP contribution in [0.3, 0.4) is 0 Å². The Bertz CT molecular complexity index is 518. The highest BCUT2D eigenvalue weighted by Gasteiger charge is 2.01. The van der Waals surface area contributed by atoms with E-state index in [1.807, 2.05) is 23.6 Å². The van der Waals surface area contributed by atoms with Gasteiger partial charge in [0.2, 0.25) is 0 Å². The third kappa shape index (κ3) is 2.55. The van der Waals surface area contributed by atoms with Gasteiger partial charge in [-0.05, 0) is 35.7 Å². The molecular formula is C12H9NO2S. The van der Waals surface area contributed by atoms with Crippen LogP contribution in [0.15, 0.2) is 35.8 Å². The highest BCUT2D eigenvalue weighted by Crippen LogP contribution is 2.13. The Morgan fingerprint density at radius 2 is 2.25 bits per heavy atom. The first kappa shape index (κ1) is 10.6. The second-order valence-electron chi connectivity index (χ2n) is 3.12. The molecule has 80 valence electrons. The van der Waals surface area contributed by atoms with Crippen LogP contribution in [-0.4, -0.2) is 16.1 Å². The first-order valence-electron chi connectivity index (χ1n) is 4.66. The average Bonchev–Trinajstić information content (AvgIpc) is 2.79. The number of carboxylic acid groups (broad SMARTS) is 1. The molecule has 0 unspecified atom stereocenters. The minimum atomic E-state index is -0.937. The van der Waals surface area contributed by atoms with Crippen molar-refractivity contribution in [3.05, 3.63) is 52.0 Å². The van der Waals surface area contributed by atoms with E-state index in [9.17, 15) is 4.79 Å². The maximum Gasteiger partial charge on any atom is 0.335 e. The van der Waals surface area contributed by atoms with Gasteiger partial charge in [0.05, 0.1) is 11.3 Å². The number of hydrogen-bond donors (Lipinski definition) is 1. The van der Waals surface area contributed by atoms with Crippen molar-refractivity contribution in [2.24, 2.45) is 0 Å². The SMILES string of the molecule is O=C(O)c1ccnc(/C=C/c2cccs2)c1. The second kappa shape index (κ2) is 4.72. The Labute approximate surface area is 96.7 Å². The molecule has 16 heavy (non-hydrogen) atoms. The van der Waals surface area contributed by atoms with Gasteiger partial charge in [0.25, 0.3) is 0 Å². The van der Waals surface area contributed by atoms with E-state index in [0.717, 1.165) is 4.88 Å². The van der Waals surface area contributed by atoms with Crippen LogP contribution in [0.25, 0.3) is 12.2 Å². The first-order valence-corrected chi connectivity index (χ1v) is 5.54. The molecule has 0 saturated carbocycles. The van der Waals surface area contributed by atoms with Crippen molar-refractivity contribution in [2.45, 2.75) is 0 Å². The third-order valence-electron chi connectivity index (χ3n) is 1.99. The lowest BCUT2D eigenvalue weighted by Gasteiger charge is -1.95. The normalized spacial score (nSPS) is 10.8. The van der Waals surface area contributed by atoms with Crippen molar-refractivity contribution in [3.63, 3.8) is 0 Å². The summed E-state index contributed by atoms with van der Waals surface area (Å²) in [5.74, 6) is -0.937. The summed E-state index contributed by atoms with van der Waals surface area (Å²) in [5, 5.41) is 10.8. The summed E-state index contributed by atoms with van der Waals surface area (Å²) >= 11 is 1.62. The van der Waals surface area contributed by atoms with Gasteiger partial charge in [-0.2, -0.15) is 0 Å². The fraction of sp³-hybridized carbons (Fsp3) is 0. The van der Waals surface area contributed by atoms with Crippen LogP contribution >= 0.6 is 11.3 Å². The van der Waals surface area contributed by atoms with Crippen molar-refractivity contribution >= 4 is 29.5 Å². The lowest BCUT2D eigenvalue weighted by Crippen LogP contribution is -1.96. The predicted octanol–water partition coefficient (Wildman–Crippen LogP) is 3.01. The van der Waals surface area contributed by atoms with Crippen molar-refractivity contribution < 1.29 is 9.90 Å². The number of hydrogen-bond acceptors (Lipinski definition) is 3. The molecule has 0 bridgehead atoms. The van der Waals surface area contributed by atoms with Gasteiger partial charge in [-0.25, -0.2) is 4.79 Å².